The molecule has 1 atom stereocenters. The molecule has 0 aliphatic heterocycles. The molecule has 2 aromatic carbocycles. The Morgan fingerprint density at radius 1 is 1.00 bits per heavy atom. The number of rotatable bonds is 6. The fraction of sp³-hybridized carbons (Fsp3) is 0.350. The highest BCUT2D eigenvalue weighted by Gasteiger charge is 2.23. The number of nitrogens with one attached hydrogen (secondary N) is 2. The molecule has 0 spiro atoms. The molecular weight excluding hydrogens is 348 g/mol. The summed E-state index contributed by atoms with van der Waals surface area (Å²) in [7, 11) is -3.53. The number of carbonyl (C=O) groups is 1. The fourth-order valence-corrected chi connectivity index (χ4v) is 4.53. The van der Waals surface area contributed by atoms with E-state index >= 15 is 0 Å². The second kappa shape index (κ2) is 8.01. The van der Waals surface area contributed by atoms with Crippen LogP contribution in [-0.4, -0.2) is 20.4 Å². The number of sulfonamides is 1. The third-order valence-electron chi connectivity index (χ3n) is 4.75. The molecule has 1 amide bonds. The van der Waals surface area contributed by atoms with E-state index in [1.807, 2.05) is 37.3 Å². The van der Waals surface area contributed by atoms with Gasteiger partial charge in [-0.1, -0.05) is 43.2 Å². The summed E-state index contributed by atoms with van der Waals surface area (Å²) in [5.74, 6) is -0.228. The van der Waals surface area contributed by atoms with Crippen molar-refractivity contribution in [3.63, 3.8) is 0 Å². The van der Waals surface area contributed by atoms with Gasteiger partial charge in [0, 0.05) is 11.6 Å². The molecule has 0 saturated heterocycles. The largest absolute Gasteiger partial charge is 0.346 e. The van der Waals surface area contributed by atoms with Crippen molar-refractivity contribution in [3.05, 3.63) is 65.7 Å². The lowest BCUT2D eigenvalue weighted by molar-refractivity contribution is 0.0940. The van der Waals surface area contributed by atoms with Gasteiger partial charge in [-0.2, -0.15) is 0 Å². The van der Waals surface area contributed by atoms with Crippen molar-refractivity contribution in [2.45, 2.75) is 49.6 Å². The van der Waals surface area contributed by atoms with Gasteiger partial charge < -0.3 is 5.32 Å². The van der Waals surface area contributed by atoms with Crippen molar-refractivity contribution in [1.29, 1.82) is 0 Å². The molecule has 1 saturated carbocycles. The summed E-state index contributed by atoms with van der Waals surface area (Å²) in [6, 6.07) is 15.7. The van der Waals surface area contributed by atoms with E-state index in [2.05, 4.69) is 10.0 Å². The van der Waals surface area contributed by atoms with Crippen molar-refractivity contribution >= 4 is 15.9 Å². The van der Waals surface area contributed by atoms with Crippen LogP contribution in [0.15, 0.2) is 59.5 Å². The van der Waals surface area contributed by atoms with Crippen LogP contribution in [0.25, 0.3) is 0 Å². The van der Waals surface area contributed by atoms with Crippen molar-refractivity contribution < 1.29 is 13.2 Å². The molecule has 6 heteroatoms. The quantitative estimate of drug-likeness (QED) is 0.816. The van der Waals surface area contributed by atoms with E-state index < -0.39 is 10.0 Å². The SMILES string of the molecule is CC(NC(=O)c1ccc(S(=O)(=O)NC2CCCC2)cc1)c1ccccc1. The molecule has 0 bridgehead atoms. The first-order chi connectivity index (χ1) is 12.5. The van der Waals surface area contributed by atoms with E-state index in [0.717, 1.165) is 31.2 Å². The van der Waals surface area contributed by atoms with E-state index in [-0.39, 0.29) is 22.9 Å². The molecule has 1 fully saturated rings. The zero-order chi connectivity index (χ0) is 18.6. The summed E-state index contributed by atoms with van der Waals surface area (Å²) in [6.07, 6.45) is 3.89. The minimum Gasteiger partial charge on any atom is -0.346 e. The van der Waals surface area contributed by atoms with Crippen LogP contribution in [0.5, 0.6) is 0 Å². The van der Waals surface area contributed by atoms with Crippen molar-refractivity contribution in [2.75, 3.05) is 0 Å². The van der Waals surface area contributed by atoms with Gasteiger partial charge in [0.15, 0.2) is 0 Å². The van der Waals surface area contributed by atoms with Gasteiger partial charge in [-0.15, -0.1) is 0 Å². The molecule has 0 heterocycles. The maximum absolute atomic E-state index is 12.4. The topological polar surface area (TPSA) is 75.3 Å². The molecule has 3 rings (SSSR count). The minimum atomic E-state index is -3.53. The minimum absolute atomic E-state index is 0.0229. The molecule has 138 valence electrons. The summed E-state index contributed by atoms with van der Waals surface area (Å²) in [4.78, 5) is 12.6. The summed E-state index contributed by atoms with van der Waals surface area (Å²) in [5, 5.41) is 2.93. The van der Waals surface area contributed by atoms with Crippen LogP contribution in [0.1, 0.15) is 54.6 Å². The van der Waals surface area contributed by atoms with Gasteiger partial charge in [0.05, 0.1) is 10.9 Å². The Balaban J connectivity index is 1.65. The molecule has 0 radical (unpaired) electrons. The maximum Gasteiger partial charge on any atom is 0.251 e. The number of amides is 1. The summed E-state index contributed by atoms with van der Waals surface area (Å²) in [5.41, 5.74) is 1.45. The zero-order valence-electron chi connectivity index (χ0n) is 14.8. The zero-order valence-corrected chi connectivity index (χ0v) is 15.6. The van der Waals surface area contributed by atoms with E-state index in [4.69, 9.17) is 0 Å². The van der Waals surface area contributed by atoms with Crippen molar-refractivity contribution in [2.24, 2.45) is 0 Å². The molecule has 26 heavy (non-hydrogen) atoms. The van der Waals surface area contributed by atoms with Crippen molar-refractivity contribution in [1.82, 2.24) is 10.0 Å². The van der Waals surface area contributed by atoms with Crippen LogP contribution < -0.4 is 10.0 Å². The smallest absolute Gasteiger partial charge is 0.251 e. The third kappa shape index (κ3) is 4.51. The second-order valence-electron chi connectivity index (χ2n) is 6.73. The van der Waals surface area contributed by atoms with Crippen LogP contribution in [0.2, 0.25) is 0 Å². The monoisotopic (exact) mass is 372 g/mol. The Morgan fingerprint density at radius 3 is 2.23 bits per heavy atom. The number of hydrogen-bond acceptors (Lipinski definition) is 3. The first-order valence-electron chi connectivity index (χ1n) is 8.94. The standard InChI is InChI=1S/C20H24N2O3S/c1-15(16-7-3-2-4-8-16)21-20(23)17-11-13-19(14-12-17)26(24,25)22-18-9-5-6-10-18/h2-4,7-8,11-15,18,22H,5-6,9-10H2,1H3,(H,21,23). The number of carbonyl (C=O) groups excluding carboxylic acids is 1. The van der Waals surface area contributed by atoms with Gasteiger partial charge in [-0.3, -0.25) is 4.79 Å². The molecule has 1 unspecified atom stereocenters. The van der Waals surface area contributed by atoms with E-state index in [1.54, 1.807) is 12.1 Å². The van der Waals surface area contributed by atoms with Crippen LogP contribution >= 0.6 is 0 Å². The Morgan fingerprint density at radius 2 is 1.62 bits per heavy atom. The van der Waals surface area contributed by atoms with Crippen LogP contribution in [-0.2, 0) is 10.0 Å². The lowest BCUT2D eigenvalue weighted by atomic mass is 10.1. The number of benzene rings is 2. The summed E-state index contributed by atoms with van der Waals surface area (Å²) in [6.45, 7) is 1.91. The summed E-state index contributed by atoms with van der Waals surface area (Å²) < 4.78 is 27.6. The lowest BCUT2D eigenvalue weighted by Gasteiger charge is -2.15. The highest BCUT2D eigenvalue weighted by atomic mass is 32.2. The van der Waals surface area contributed by atoms with E-state index in [9.17, 15) is 13.2 Å². The Bertz CT molecular complexity index is 842. The van der Waals surface area contributed by atoms with Gasteiger partial charge >= 0.3 is 0 Å². The first-order valence-corrected chi connectivity index (χ1v) is 10.4. The molecule has 2 aromatic rings. The first kappa shape index (κ1) is 18.6. The molecule has 1 aliphatic rings. The highest BCUT2D eigenvalue weighted by Crippen LogP contribution is 2.21. The fourth-order valence-electron chi connectivity index (χ4n) is 3.22. The van der Waals surface area contributed by atoms with E-state index in [1.165, 1.54) is 12.1 Å². The van der Waals surface area contributed by atoms with Gasteiger partial charge in [-0.25, -0.2) is 13.1 Å². The normalized spacial score (nSPS) is 16.3. The van der Waals surface area contributed by atoms with E-state index in [0.29, 0.717) is 5.56 Å². The number of hydrogen-bond donors (Lipinski definition) is 2. The average molecular weight is 372 g/mol. The Labute approximate surface area is 154 Å². The maximum atomic E-state index is 12.4. The van der Waals surface area contributed by atoms with Crippen LogP contribution in [0.3, 0.4) is 0 Å². The molecule has 1 aliphatic carbocycles. The Kier molecular flexibility index (Phi) is 5.74. The molecule has 0 aromatic heterocycles. The molecule has 5 nitrogen and oxygen atoms in total. The highest BCUT2D eigenvalue weighted by molar-refractivity contribution is 7.89. The van der Waals surface area contributed by atoms with Gasteiger partial charge in [-0.05, 0) is 49.6 Å². The molecule has 2 N–H and O–H groups in total. The second-order valence-corrected chi connectivity index (χ2v) is 8.45. The van der Waals surface area contributed by atoms with Gasteiger partial charge in [0.1, 0.15) is 0 Å². The van der Waals surface area contributed by atoms with Crippen molar-refractivity contribution in [3.8, 4) is 0 Å². The lowest BCUT2D eigenvalue weighted by Crippen LogP contribution is -2.32. The average Bonchev–Trinajstić information content (AvgIpc) is 3.14. The van der Waals surface area contributed by atoms with Gasteiger partial charge in [0.2, 0.25) is 10.0 Å². The Hall–Kier alpha value is -2.18. The predicted octanol–water partition coefficient (Wildman–Crippen LogP) is 3.40. The molecular formula is C20H24N2O3S. The predicted molar refractivity (Wildman–Crippen MR) is 101 cm³/mol. The van der Waals surface area contributed by atoms with Gasteiger partial charge in [0.25, 0.3) is 5.91 Å². The summed E-state index contributed by atoms with van der Waals surface area (Å²) >= 11 is 0. The third-order valence-corrected chi connectivity index (χ3v) is 6.29. The van der Waals surface area contributed by atoms with Crippen LogP contribution in [0, 0.1) is 0 Å². The van der Waals surface area contributed by atoms with Crippen LogP contribution in [0.4, 0.5) is 0 Å².